The highest BCUT2D eigenvalue weighted by molar-refractivity contribution is 7.98. The highest BCUT2D eigenvalue weighted by atomic mass is 35.5. The second-order valence-electron chi connectivity index (χ2n) is 8.26. The van der Waals surface area contributed by atoms with Crippen LogP contribution in [0, 0.1) is 0 Å². The lowest BCUT2D eigenvalue weighted by atomic mass is 10.0. The molecule has 0 spiro atoms. The summed E-state index contributed by atoms with van der Waals surface area (Å²) in [6, 6.07) is 6.21. The van der Waals surface area contributed by atoms with E-state index in [-0.39, 0.29) is 24.4 Å². The Kier molecular flexibility index (Phi) is 9.10. The van der Waals surface area contributed by atoms with Gasteiger partial charge in [-0.25, -0.2) is 14.8 Å². The van der Waals surface area contributed by atoms with Gasteiger partial charge in [0, 0.05) is 20.1 Å². The van der Waals surface area contributed by atoms with Crippen LogP contribution in [0.15, 0.2) is 24.3 Å². The number of carbonyl (C=O) groups excluding carboxylic acids is 3. The van der Waals surface area contributed by atoms with Crippen molar-refractivity contribution in [2.24, 2.45) is 0 Å². The quantitative estimate of drug-likeness (QED) is 0.564. The van der Waals surface area contributed by atoms with E-state index in [1.54, 1.807) is 45.9 Å². The molecule has 182 valence electrons. The summed E-state index contributed by atoms with van der Waals surface area (Å²) in [4.78, 5) is 43.0. The van der Waals surface area contributed by atoms with E-state index < -0.39 is 12.2 Å². The molecule has 3 rings (SSSR count). The van der Waals surface area contributed by atoms with Gasteiger partial charge < -0.3 is 19.4 Å². The lowest BCUT2D eigenvalue weighted by Crippen LogP contribution is -2.76. The summed E-state index contributed by atoms with van der Waals surface area (Å²) in [5, 5.41) is 6.16. The molecule has 4 amide bonds. The van der Waals surface area contributed by atoms with Crippen LogP contribution in [0.25, 0.3) is 0 Å². The third-order valence-electron chi connectivity index (χ3n) is 5.98. The molecule has 2 heterocycles. The van der Waals surface area contributed by atoms with E-state index in [0.29, 0.717) is 31.8 Å². The molecule has 33 heavy (non-hydrogen) atoms. The molecular formula is C22H32ClN5O4S. The zero-order valence-corrected chi connectivity index (χ0v) is 20.9. The molecule has 0 unspecified atom stereocenters. The Bertz CT molecular complexity index is 843. The number of nitrogens with zero attached hydrogens (tertiary/aromatic N) is 4. The molecule has 2 aliphatic heterocycles. The lowest BCUT2D eigenvalue weighted by Gasteiger charge is -2.54. The maximum absolute atomic E-state index is 13.3. The third kappa shape index (κ3) is 5.85. The summed E-state index contributed by atoms with van der Waals surface area (Å²) >= 11 is 7.00. The predicted molar refractivity (Wildman–Crippen MR) is 129 cm³/mol. The first-order valence-corrected chi connectivity index (χ1v) is 12.9. The van der Waals surface area contributed by atoms with E-state index in [1.165, 1.54) is 0 Å². The van der Waals surface area contributed by atoms with Gasteiger partial charge in [0.2, 0.25) is 11.8 Å². The first kappa shape index (κ1) is 25.5. The Labute approximate surface area is 204 Å². The number of urea groups is 1. The van der Waals surface area contributed by atoms with Crippen molar-refractivity contribution in [2.45, 2.75) is 44.9 Å². The van der Waals surface area contributed by atoms with Gasteiger partial charge in [-0.05, 0) is 42.5 Å². The Hall–Kier alpha value is -2.17. The second kappa shape index (κ2) is 11.8. The van der Waals surface area contributed by atoms with Crippen molar-refractivity contribution in [3.8, 4) is 5.75 Å². The maximum Gasteiger partial charge on any atom is 0.334 e. The minimum atomic E-state index is -0.548. The monoisotopic (exact) mass is 497 g/mol. The van der Waals surface area contributed by atoms with E-state index in [0.717, 1.165) is 24.2 Å². The molecule has 0 bridgehead atoms. The number of nitrogens with one attached hydrogen (secondary N) is 1. The predicted octanol–water partition coefficient (Wildman–Crippen LogP) is 2.51. The minimum absolute atomic E-state index is 0.0198. The molecule has 1 N–H and O–H groups in total. The molecule has 0 aromatic heterocycles. The molecule has 2 saturated heterocycles. The molecule has 1 aromatic carbocycles. The number of hydrogen-bond acceptors (Lipinski definition) is 6. The van der Waals surface area contributed by atoms with E-state index in [2.05, 4.69) is 16.5 Å². The fourth-order valence-corrected chi connectivity index (χ4v) is 4.84. The number of benzene rings is 1. The number of hydrazine groups is 1. The summed E-state index contributed by atoms with van der Waals surface area (Å²) in [6.45, 7) is 3.36. The SMILES string of the molecule is CCCCN1C[C@H]2N(C(=O)CN(C)N2C(=O)NCc2ccc(OCl)cc2)[C@@H](CCSC)C1=O. The Morgan fingerprint density at radius 2 is 2.00 bits per heavy atom. The van der Waals surface area contributed by atoms with E-state index in [4.69, 9.17) is 11.9 Å². The second-order valence-corrected chi connectivity index (χ2v) is 9.40. The average Bonchev–Trinajstić information content (AvgIpc) is 2.81. The number of amides is 4. The number of piperazine rings is 1. The van der Waals surface area contributed by atoms with Crippen molar-refractivity contribution < 1.29 is 18.7 Å². The summed E-state index contributed by atoms with van der Waals surface area (Å²) < 4.78 is 4.66. The number of hydrogen-bond donors (Lipinski definition) is 1. The zero-order chi connectivity index (χ0) is 24.0. The van der Waals surface area contributed by atoms with Crippen LogP contribution in [-0.2, 0) is 16.1 Å². The van der Waals surface area contributed by atoms with E-state index in [9.17, 15) is 14.4 Å². The molecule has 2 atom stereocenters. The van der Waals surface area contributed by atoms with Crippen LogP contribution in [0.5, 0.6) is 5.75 Å². The van der Waals surface area contributed by atoms with Gasteiger partial charge in [-0.2, -0.15) is 11.8 Å². The summed E-state index contributed by atoms with van der Waals surface area (Å²) in [6.07, 6.45) is 3.86. The Morgan fingerprint density at radius 3 is 2.64 bits per heavy atom. The maximum atomic E-state index is 13.3. The first-order valence-electron chi connectivity index (χ1n) is 11.2. The van der Waals surface area contributed by atoms with Crippen LogP contribution in [0.1, 0.15) is 31.7 Å². The Balaban J connectivity index is 1.80. The fourth-order valence-electron chi connectivity index (χ4n) is 4.28. The van der Waals surface area contributed by atoms with Crippen LogP contribution < -0.4 is 9.61 Å². The van der Waals surface area contributed by atoms with Gasteiger partial charge in [-0.15, -0.1) is 0 Å². The van der Waals surface area contributed by atoms with Crippen molar-refractivity contribution in [2.75, 3.05) is 38.7 Å². The lowest BCUT2D eigenvalue weighted by molar-refractivity contribution is -0.187. The highest BCUT2D eigenvalue weighted by Crippen LogP contribution is 2.28. The molecule has 0 radical (unpaired) electrons. The van der Waals surface area contributed by atoms with Crippen molar-refractivity contribution in [3.05, 3.63) is 29.8 Å². The van der Waals surface area contributed by atoms with Gasteiger partial charge in [0.1, 0.15) is 29.8 Å². The van der Waals surface area contributed by atoms with Gasteiger partial charge in [0.25, 0.3) is 0 Å². The fraction of sp³-hybridized carbons (Fsp3) is 0.591. The van der Waals surface area contributed by atoms with Gasteiger partial charge in [-0.1, -0.05) is 25.5 Å². The number of carbonyl (C=O) groups is 3. The average molecular weight is 498 g/mol. The molecule has 0 aliphatic carbocycles. The van der Waals surface area contributed by atoms with Crippen molar-refractivity contribution in [3.63, 3.8) is 0 Å². The normalized spacial score (nSPS) is 21.3. The topological polar surface area (TPSA) is 85.4 Å². The molecule has 1 aromatic rings. The Morgan fingerprint density at radius 1 is 1.27 bits per heavy atom. The number of fused-ring (bicyclic) bond motifs is 1. The minimum Gasteiger partial charge on any atom is -0.386 e. The largest absolute Gasteiger partial charge is 0.386 e. The molecule has 2 fully saturated rings. The zero-order valence-electron chi connectivity index (χ0n) is 19.3. The van der Waals surface area contributed by atoms with E-state index >= 15 is 0 Å². The van der Waals surface area contributed by atoms with Gasteiger partial charge >= 0.3 is 6.03 Å². The molecule has 0 saturated carbocycles. The van der Waals surface area contributed by atoms with Gasteiger partial charge in [0.05, 0.1) is 13.1 Å². The molecule has 2 aliphatic rings. The van der Waals surface area contributed by atoms with Crippen LogP contribution >= 0.6 is 23.6 Å². The van der Waals surface area contributed by atoms with Crippen LogP contribution in [-0.4, -0.2) is 88.6 Å². The summed E-state index contributed by atoms with van der Waals surface area (Å²) in [7, 11) is 1.73. The number of unbranched alkanes of at least 4 members (excludes halogenated alkanes) is 1. The van der Waals surface area contributed by atoms with Crippen LogP contribution in [0.3, 0.4) is 0 Å². The summed E-state index contributed by atoms with van der Waals surface area (Å²) in [5.41, 5.74) is 0.884. The van der Waals surface area contributed by atoms with Crippen LogP contribution in [0.2, 0.25) is 0 Å². The van der Waals surface area contributed by atoms with Crippen molar-refractivity contribution >= 4 is 41.5 Å². The highest BCUT2D eigenvalue weighted by Gasteiger charge is 2.50. The molecular weight excluding hydrogens is 466 g/mol. The van der Waals surface area contributed by atoms with Gasteiger partial charge in [0.15, 0.2) is 0 Å². The smallest absolute Gasteiger partial charge is 0.334 e. The first-order chi connectivity index (χ1) is 15.9. The van der Waals surface area contributed by atoms with Crippen molar-refractivity contribution in [1.82, 2.24) is 25.1 Å². The standard InChI is InChI=1S/C22H32ClN5O4S/c1-4-5-11-26-14-19-27(18(21(26)30)10-12-33-3)20(29)15-25(2)28(19)22(31)24-13-16-6-8-17(32-23)9-7-16/h6-9,18-19H,4-5,10-15H2,1-3H3,(H,24,31)/t18-,19-/m0/s1. The molecule has 11 heteroatoms. The van der Waals surface area contributed by atoms with E-state index in [1.807, 2.05) is 23.3 Å². The van der Waals surface area contributed by atoms with Crippen LogP contribution in [0.4, 0.5) is 4.79 Å². The number of rotatable bonds is 9. The number of likely N-dealkylation sites (N-methyl/N-ethyl adjacent to an activating group) is 1. The number of thioether (sulfide) groups is 1. The van der Waals surface area contributed by atoms with Gasteiger partial charge in [-0.3, -0.25) is 9.59 Å². The third-order valence-corrected chi connectivity index (χ3v) is 6.80. The number of halogens is 1. The van der Waals surface area contributed by atoms with Crippen molar-refractivity contribution in [1.29, 1.82) is 0 Å². The molecule has 9 nitrogen and oxygen atoms in total. The summed E-state index contributed by atoms with van der Waals surface area (Å²) in [5.74, 6) is 1.14.